The van der Waals surface area contributed by atoms with Crippen molar-refractivity contribution in [2.75, 3.05) is 42.0 Å². The summed E-state index contributed by atoms with van der Waals surface area (Å²) in [5.74, 6) is 3.93. The monoisotopic (exact) mass is 820 g/mol. The smallest absolute Gasteiger partial charge is 0.343 e. The fourth-order valence-electron chi connectivity index (χ4n) is 5.93. The molecule has 6 aromatic carbocycles. The van der Waals surface area contributed by atoms with Gasteiger partial charge in [-0.3, -0.25) is 0 Å². The van der Waals surface area contributed by atoms with Gasteiger partial charge in [0.05, 0.1) is 28.4 Å². The van der Waals surface area contributed by atoms with Crippen LogP contribution in [0.4, 0.5) is 0 Å². The highest BCUT2D eigenvalue weighted by molar-refractivity contribution is 5.95. The third kappa shape index (κ3) is 8.87. The summed E-state index contributed by atoms with van der Waals surface area (Å²) in [6.45, 7) is 0.265. The highest BCUT2D eigenvalue weighted by Gasteiger charge is 2.23. The van der Waals surface area contributed by atoms with Gasteiger partial charge < -0.3 is 67.1 Å². The Morgan fingerprint density at radius 3 is 1.05 bits per heavy atom. The number of hydrogen-bond acceptors (Lipinski definition) is 14. The summed E-state index contributed by atoms with van der Waals surface area (Å²) in [7, 11) is 6.06. The predicted octanol–water partition coefficient (Wildman–Crippen LogP) is 9.43. The van der Waals surface area contributed by atoms with Crippen LogP contribution in [0.2, 0.25) is 0 Å². The Hall–Kier alpha value is -8.14. The molecule has 8 rings (SSSR count). The van der Waals surface area contributed by atoms with E-state index in [4.69, 9.17) is 56.8 Å². The zero-order chi connectivity index (χ0) is 42.2. The molecule has 0 bridgehead atoms. The summed E-state index contributed by atoms with van der Waals surface area (Å²) in [5.41, 5.74) is -0.241. The van der Waals surface area contributed by atoms with Crippen LogP contribution in [0.5, 0.6) is 92.0 Å². The molecule has 0 saturated heterocycles. The summed E-state index contributed by atoms with van der Waals surface area (Å²) >= 11 is 0. The zero-order valence-electron chi connectivity index (χ0n) is 32.4. The molecule has 0 atom stereocenters. The van der Waals surface area contributed by atoms with Crippen molar-refractivity contribution < 1.29 is 76.6 Å². The number of aromatic carboxylic acids is 2. The minimum absolute atomic E-state index is 0.118. The molecule has 0 aromatic heterocycles. The van der Waals surface area contributed by atoms with E-state index in [1.165, 1.54) is 28.4 Å². The number of rotatable bonds is 14. The van der Waals surface area contributed by atoms with Crippen molar-refractivity contribution in [1.82, 2.24) is 0 Å². The SMILES string of the molecule is COc1ccc(Oc2cccc(Oc3ccc4c(c3)OCO4)c2C(=O)O)cc1OC.COc1ccc(Oc2cccc(Oc3ccc4c(c3)OCO4)c2C(=O)O)cc1OC. The molecule has 0 fully saturated rings. The van der Waals surface area contributed by atoms with E-state index in [9.17, 15) is 19.8 Å². The van der Waals surface area contributed by atoms with Crippen LogP contribution in [0.25, 0.3) is 0 Å². The molecule has 2 heterocycles. The average Bonchev–Trinajstić information content (AvgIpc) is 3.93. The Labute approximate surface area is 342 Å². The second-order valence-corrected chi connectivity index (χ2v) is 12.3. The van der Waals surface area contributed by atoms with Crippen molar-refractivity contribution in [3.05, 3.63) is 120 Å². The Morgan fingerprint density at radius 1 is 0.400 bits per heavy atom. The molecule has 0 amide bonds. The molecule has 308 valence electrons. The van der Waals surface area contributed by atoms with Crippen molar-refractivity contribution in [2.45, 2.75) is 0 Å². The minimum Gasteiger partial charge on any atom is -0.493 e. The van der Waals surface area contributed by atoms with Crippen LogP contribution in [-0.4, -0.2) is 64.2 Å². The van der Waals surface area contributed by atoms with Crippen molar-refractivity contribution in [3.63, 3.8) is 0 Å². The zero-order valence-corrected chi connectivity index (χ0v) is 32.4. The van der Waals surface area contributed by atoms with Gasteiger partial charge in [-0.15, -0.1) is 0 Å². The molecule has 2 aliphatic heterocycles. The molecule has 16 heteroatoms. The van der Waals surface area contributed by atoms with Gasteiger partial charge in [0.2, 0.25) is 13.6 Å². The lowest BCUT2D eigenvalue weighted by atomic mass is 10.1. The van der Waals surface area contributed by atoms with Crippen LogP contribution in [0, 0.1) is 0 Å². The normalized spacial score (nSPS) is 11.7. The van der Waals surface area contributed by atoms with E-state index < -0.39 is 11.9 Å². The van der Waals surface area contributed by atoms with E-state index in [-0.39, 0.29) is 47.7 Å². The number of benzene rings is 6. The van der Waals surface area contributed by atoms with Crippen LogP contribution < -0.4 is 56.8 Å². The summed E-state index contributed by atoms with van der Waals surface area (Å²) < 4.78 is 65.4. The molecule has 60 heavy (non-hydrogen) atoms. The first-order chi connectivity index (χ1) is 29.2. The largest absolute Gasteiger partial charge is 0.493 e. The molecular weight excluding hydrogens is 784 g/mol. The Bertz CT molecular complexity index is 2360. The molecule has 6 aromatic rings. The van der Waals surface area contributed by atoms with E-state index in [0.717, 1.165) is 0 Å². The Morgan fingerprint density at radius 2 is 0.717 bits per heavy atom. The summed E-state index contributed by atoms with van der Waals surface area (Å²) in [6, 6.07) is 29.3. The average molecular weight is 821 g/mol. The van der Waals surface area contributed by atoms with Crippen LogP contribution >= 0.6 is 0 Å². The number of hydrogen-bond donors (Lipinski definition) is 2. The molecule has 2 N–H and O–H groups in total. The first kappa shape index (κ1) is 40.1. The minimum atomic E-state index is -1.19. The van der Waals surface area contributed by atoms with Crippen LogP contribution in [0.15, 0.2) is 109 Å². The van der Waals surface area contributed by atoms with Crippen molar-refractivity contribution in [1.29, 1.82) is 0 Å². The maximum Gasteiger partial charge on any atom is 0.343 e. The van der Waals surface area contributed by atoms with Crippen molar-refractivity contribution in [2.24, 2.45) is 0 Å². The highest BCUT2D eigenvalue weighted by atomic mass is 16.7. The second-order valence-electron chi connectivity index (χ2n) is 12.3. The van der Waals surface area contributed by atoms with Crippen molar-refractivity contribution in [3.8, 4) is 92.0 Å². The fraction of sp³-hybridized carbons (Fsp3) is 0.136. The highest BCUT2D eigenvalue weighted by Crippen LogP contribution is 2.42. The number of methoxy groups -OCH3 is 4. The van der Waals surface area contributed by atoms with Gasteiger partial charge in [-0.25, -0.2) is 9.59 Å². The van der Waals surface area contributed by atoms with E-state index in [1.807, 2.05) is 0 Å². The Kier molecular flexibility index (Phi) is 12.0. The lowest BCUT2D eigenvalue weighted by Gasteiger charge is -2.15. The molecule has 0 radical (unpaired) electrons. The van der Waals surface area contributed by atoms with Gasteiger partial charge in [0.15, 0.2) is 46.0 Å². The van der Waals surface area contributed by atoms with Gasteiger partial charge in [0.25, 0.3) is 0 Å². The number of carboxylic acid groups (broad SMARTS) is 2. The first-order valence-corrected chi connectivity index (χ1v) is 17.8. The molecule has 0 saturated carbocycles. The maximum atomic E-state index is 12.0. The second kappa shape index (κ2) is 18.0. The molecule has 2 aliphatic rings. The standard InChI is InChI=1S/2C22H18O8/c2*1-25-15-8-6-13(10-19(15)26-2)29-17-4-3-5-18(21(17)22(23)24)30-14-7-9-16-20(11-14)28-12-27-16/h2*3-11H,12H2,1-2H3,(H,23,24). The van der Waals surface area contributed by atoms with Gasteiger partial charge in [-0.05, 0) is 72.8 Å². The predicted molar refractivity (Wildman–Crippen MR) is 211 cm³/mol. The molecule has 0 aliphatic carbocycles. The first-order valence-electron chi connectivity index (χ1n) is 17.8. The van der Waals surface area contributed by atoms with Crippen molar-refractivity contribution >= 4 is 11.9 Å². The molecule has 0 unspecified atom stereocenters. The summed E-state index contributed by atoms with van der Waals surface area (Å²) in [5, 5.41) is 19.6. The quantitative estimate of drug-likeness (QED) is 0.106. The molecule has 16 nitrogen and oxygen atoms in total. The van der Waals surface area contributed by atoms with E-state index >= 15 is 0 Å². The van der Waals surface area contributed by atoms with Gasteiger partial charge in [0.1, 0.15) is 57.1 Å². The van der Waals surface area contributed by atoms with Crippen LogP contribution in [0.3, 0.4) is 0 Å². The Balaban J connectivity index is 0.000000181. The topological polar surface area (TPSA) is 185 Å². The number of fused-ring (bicyclic) bond motifs is 2. The van der Waals surface area contributed by atoms with Gasteiger partial charge in [0, 0.05) is 24.3 Å². The lowest BCUT2D eigenvalue weighted by molar-refractivity contribution is 0.0679. The molecule has 0 spiro atoms. The third-order valence-corrected chi connectivity index (χ3v) is 8.71. The van der Waals surface area contributed by atoms with Gasteiger partial charge in [-0.2, -0.15) is 0 Å². The van der Waals surface area contributed by atoms with E-state index in [1.54, 1.807) is 109 Å². The number of ether oxygens (including phenoxy) is 12. The maximum absolute atomic E-state index is 12.0. The summed E-state index contributed by atoms with van der Waals surface area (Å²) in [6.07, 6.45) is 0. The number of carboxylic acids is 2. The molecular formula is C44H36O16. The van der Waals surface area contributed by atoms with E-state index in [0.29, 0.717) is 69.0 Å². The fourth-order valence-corrected chi connectivity index (χ4v) is 5.93. The number of carbonyl (C=O) groups is 2. The summed E-state index contributed by atoms with van der Waals surface area (Å²) in [4.78, 5) is 24.0. The van der Waals surface area contributed by atoms with Crippen LogP contribution in [0.1, 0.15) is 20.7 Å². The van der Waals surface area contributed by atoms with E-state index in [2.05, 4.69) is 0 Å². The van der Waals surface area contributed by atoms with Crippen LogP contribution in [-0.2, 0) is 0 Å². The lowest BCUT2D eigenvalue weighted by Crippen LogP contribution is -2.03. The van der Waals surface area contributed by atoms with Gasteiger partial charge >= 0.3 is 11.9 Å². The third-order valence-electron chi connectivity index (χ3n) is 8.71. The van der Waals surface area contributed by atoms with Gasteiger partial charge in [-0.1, -0.05) is 12.1 Å².